The van der Waals surface area contributed by atoms with Gasteiger partial charge in [0.2, 0.25) is 0 Å². The standard InChI is InChI=1S/C18H15BrFNO.C18H16FNO.C17H13ClFN/c1-11(19)17-16(12-6-4-3-5-7-12)18(22-2)14-10-13(20)8-9-15(14)21-17;1-3-15-17(12-7-5-4-6-8-12)18(21-2)14-11-13(19)9-10-16(14)20-15;1-2-14-16(11-6-4-3-5-7-11)17(18)13-10-12(19)8-9-15(13)20-14/h3-11H,1-2H3;4-11H,3H2,1-2H3;3-10H,2H2,1H3. The van der Waals surface area contributed by atoms with Crippen LogP contribution in [0.4, 0.5) is 13.2 Å². The fourth-order valence-electron chi connectivity index (χ4n) is 7.63. The lowest BCUT2D eigenvalue weighted by molar-refractivity contribution is 0.420. The molecular formula is C53H44BrClF3N3O2. The van der Waals surface area contributed by atoms with Gasteiger partial charge in [-0.15, -0.1) is 0 Å². The molecule has 0 radical (unpaired) electrons. The minimum absolute atomic E-state index is 0.0473. The van der Waals surface area contributed by atoms with E-state index in [2.05, 4.69) is 32.8 Å². The maximum Gasteiger partial charge on any atom is 0.138 e. The number of halogens is 5. The van der Waals surface area contributed by atoms with Gasteiger partial charge in [0.15, 0.2) is 0 Å². The number of ether oxygens (including phenoxy) is 2. The molecule has 1 unspecified atom stereocenters. The third-order valence-corrected chi connectivity index (χ3v) is 11.3. The van der Waals surface area contributed by atoms with E-state index in [1.54, 1.807) is 32.4 Å². The van der Waals surface area contributed by atoms with Gasteiger partial charge >= 0.3 is 0 Å². The van der Waals surface area contributed by atoms with Crippen LogP contribution in [0.1, 0.15) is 42.7 Å². The number of benzene rings is 6. The number of methoxy groups -OCH3 is 2. The van der Waals surface area contributed by atoms with Gasteiger partial charge in [-0.05, 0) is 91.1 Å². The molecule has 0 fully saturated rings. The van der Waals surface area contributed by atoms with Crippen molar-refractivity contribution in [1.29, 1.82) is 0 Å². The van der Waals surface area contributed by atoms with E-state index in [1.807, 2.05) is 105 Å². The molecule has 9 rings (SSSR count). The van der Waals surface area contributed by atoms with Crippen LogP contribution in [0.2, 0.25) is 5.02 Å². The van der Waals surface area contributed by atoms with Crippen LogP contribution in [-0.2, 0) is 12.8 Å². The summed E-state index contributed by atoms with van der Waals surface area (Å²) in [5, 5.41) is 2.60. The van der Waals surface area contributed by atoms with Crippen molar-refractivity contribution in [2.24, 2.45) is 0 Å². The van der Waals surface area contributed by atoms with Gasteiger partial charge < -0.3 is 9.47 Å². The molecule has 0 saturated heterocycles. The highest BCUT2D eigenvalue weighted by molar-refractivity contribution is 9.09. The van der Waals surface area contributed by atoms with E-state index in [1.165, 1.54) is 36.4 Å². The second-order valence-electron chi connectivity index (χ2n) is 14.5. The number of aromatic nitrogens is 3. The second kappa shape index (κ2) is 20.3. The first kappa shape index (κ1) is 44.8. The highest BCUT2D eigenvalue weighted by Gasteiger charge is 2.21. The smallest absolute Gasteiger partial charge is 0.138 e. The molecule has 0 aliphatic rings. The van der Waals surface area contributed by atoms with Gasteiger partial charge in [0, 0.05) is 32.8 Å². The van der Waals surface area contributed by atoms with Crippen molar-refractivity contribution >= 4 is 60.2 Å². The predicted molar refractivity (Wildman–Crippen MR) is 256 cm³/mol. The van der Waals surface area contributed by atoms with Crippen LogP contribution in [0.15, 0.2) is 146 Å². The van der Waals surface area contributed by atoms with E-state index in [9.17, 15) is 13.2 Å². The molecular weight excluding hydrogens is 883 g/mol. The van der Waals surface area contributed by atoms with E-state index in [0.29, 0.717) is 32.7 Å². The Hall–Kier alpha value is -6.29. The maximum atomic E-state index is 13.7. The summed E-state index contributed by atoms with van der Waals surface area (Å²) in [4.78, 5) is 14.0. The summed E-state index contributed by atoms with van der Waals surface area (Å²) in [7, 11) is 3.22. The van der Waals surface area contributed by atoms with Crippen molar-refractivity contribution in [3.63, 3.8) is 0 Å². The van der Waals surface area contributed by atoms with E-state index < -0.39 is 0 Å². The monoisotopic (exact) mass is 925 g/mol. The SMILES string of the molecule is CCc1nc2ccc(F)cc2c(Cl)c1-c1ccccc1.CCc1nc2ccc(F)cc2c(OC)c1-c1ccccc1.COc1c(-c2ccccc2)c(C(C)Br)nc2ccc(F)cc12. The molecule has 0 spiro atoms. The third-order valence-electron chi connectivity index (χ3n) is 10.5. The normalized spacial score (nSPS) is 11.4. The third kappa shape index (κ3) is 9.70. The van der Waals surface area contributed by atoms with Crippen LogP contribution in [0.3, 0.4) is 0 Å². The van der Waals surface area contributed by atoms with Gasteiger partial charge in [-0.3, -0.25) is 15.0 Å². The Morgan fingerprint density at radius 2 is 0.873 bits per heavy atom. The number of hydrogen-bond acceptors (Lipinski definition) is 5. The Morgan fingerprint density at radius 1 is 0.508 bits per heavy atom. The van der Waals surface area contributed by atoms with Crippen LogP contribution < -0.4 is 9.47 Å². The van der Waals surface area contributed by atoms with Crippen LogP contribution in [0, 0.1) is 17.5 Å². The Labute approximate surface area is 378 Å². The molecule has 3 aromatic heterocycles. The molecule has 0 amide bonds. The van der Waals surface area contributed by atoms with Gasteiger partial charge in [-0.1, -0.05) is 132 Å². The van der Waals surface area contributed by atoms with Crippen LogP contribution in [0.25, 0.3) is 66.1 Å². The lowest BCUT2D eigenvalue weighted by Crippen LogP contribution is -2.00. The molecule has 0 aliphatic carbocycles. The number of aryl methyl sites for hydroxylation is 2. The summed E-state index contributed by atoms with van der Waals surface area (Å²) >= 11 is 10.1. The number of hydrogen-bond donors (Lipinski definition) is 0. The van der Waals surface area contributed by atoms with Gasteiger partial charge in [0.1, 0.15) is 29.0 Å². The van der Waals surface area contributed by atoms with Gasteiger partial charge in [0.25, 0.3) is 0 Å². The summed E-state index contributed by atoms with van der Waals surface area (Å²) in [6.07, 6.45) is 1.56. The Kier molecular flexibility index (Phi) is 14.4. The van der Waals surface area contributed by atoms with E-state index in [0.717, 1.165) is 79.9 Å². The molecule has 1 atom stereocenters. The van der Waals surface area contributed by atoms with Gasteiger partial charge in [-0.25, -0.2) is 13.2 Å². The van der Waals surface area contributed by atoms with E-state index in [4.69, 9.17) is 26.1 Å². The molecule has 6 aromatic carbocycles. The summed E-state index contributed by atoms with van der Waals surface area (Å²) in [6, 6.07) is 43.4. The largest absolute Gasteiger partial charge is 0.495 e. The minimum atomic E-state index is -0.301. The quantitative estimate of drug-likeness (QED) is 0.142. The van der Waals surface area contributed by atoms with Crippen molar-refractivity contribution in [1.82, 2.24) is 15.0 Å². The fraction of sp³-hybridized carbons (Fsp3) is 0.151. The van der Waals surface area contributed by atoms with Crippen LogP contribution in [0.5, 0.6) is 11.5 Å². The van der Waals surface area contributed by atoms with Crippen LogP contribution in [-0.4, -0.2) is 29.2 Å². The Morgan fingerprint density at radius 3 is 1.30 bits per heavy atom. The molecule has 0 aliphatic heterocycles. The average Bonchev–Trinajstić information content (AvgIpc) is 3.31. The first-order valence-corrected chi connectivity index (χ1v) is 21.8. The van der Waals surface area contributed by atoms with Gasteiger partial charge in [-0.2, -0.15) is 0 Å². The summed E-state index contributed by atoms with van der Waals surface area (Å²) in [6.45, 7) is 6.12. The molecule has 0 saturated carbocycles. The minimum Gasteiger partial charge on any atom is -0.495 e. The molecule has 0 bridgehead atoms. The number of fused-ring (bicyclic) bond motifs is 3. The zero-order chi connectivity index (χ0) is 44.6. The zero-order valence-electron chi connectivity index (χ0n) is 35.4. The fourth-order valence-corrected chi connectivity index (χ4v) is 8.33. The lowest BCUT2D eigenvalue weighted by atomic mass is 9.98. The Balaban J connectivity index is 0.000000142. The van der Waals surface area contributed by atoms with Crippen LogP contribution >= 0.6 is 27.5 Å². The number of nitrogens with zero attached hydrogens (tertiary/aromatic N) is 3. The molecule has 63 heavy (non-hydrogen) atoms. The Bertz CT molecular complexity index is 3030. The average molecular weight is 927 g/mol. The number of pyridine rings is 3. The highest BCUT2D eigenvalue weighted by atomic mass is 79.9. The first-order chi connectivity index (χ1) is 30.6. The topological polar surface area (TPSA) is 57.1 Å². The lowest BCUT2D eigenvalue weighted by Gasteiger charge is -2.17. The van der Waals surface area contributed by atoms with E-state index in [-0.39, 0.29) is 22.3 Å². The summed E-state index contributed by atoms with van der Waals surface area (Å²) < 4.78 is 51.9. The summed E-state index contributed by atoms with van der Waals surface area (Å²) in [5.41, 5.74) is 10.7. The molecule has 5 nitrogen and oxygen atoms in total. The second-order valence-corrected chi connectivity index (χ2v) is 16.3. The number of alkyl halides is 1. The molecule has 10 heteroatoms. The van der Waals surface area contributed by atoms with Crippen molar-refractivity contribution in [3.8, 4) is 44.9 Å². The highest BCUT2D eigenvalue weighted by Crippen LogP contribution is 2.43. The van der Waals surface area contributed by atoms with Crippen molar-refractivity contribution in [2.75, 3.05) is 14.2 Å². The molecule has 318 valence electrons. The van der Waals surface area contributed by atoms with Crippen molar-refractivity contribution < 1.29 is 22.6 Å². The summed E-state index contributed by atoms with van der Waals surface area (Å²) in [5.74, 6) is 0.445. The van der Waals surface area contributed by atoms with Gasteiger partial charge in [0.05, 0.1) is 57.7 Å². The first-order valence-electron chi connectivity index (χ1n) is 20.5. The predicted octanol–water partition coefficient (Wildman–Crippen LogP) is 15.4. The van der Waals surface area contributed by atoms with E-state index >= 15 is 0 Å². The van der Waals surface area contributed by atoms with Crippen molar-refractivity contribution in [2.45, 2.75) is 38.4 Å². The molecule has 3 heterocycles. The molecule has 9 aromatic rings. The zero-order valence-corrected chi connectivity index (χ0v) is 37.7. The van der Waals surface area contributed by atoms with Crippen molar-refractivity contribution in [3.05, 3.63) is 185 Å². The number of rotatable bonds is 8. The molecule has 0 N–H and O–H groups in total. The maximum absolute atomic E-state index is 13.7.